The molecule has 130 valence electrons. The molecule has 0 saturated heterocycles. The van der Waals surface area contributed by atoms with Crippen LogP contribution in [0, 0.1) is 5.82 Å². The zero-order valence-electron chi connectivity index (χ0n) is 14.0. The number of rotatable bonds is 8. The normalized spacial score (nSPS) is 10.9. The lowest BCUT2D eigenvalue weighted by molar-refractivity contribution is -0.120. The van der Waals surface area contributed by atoms with Crippen LogP contribution in [-0.2, 0) is 11.3 Å². The number of amides is 1. The van der Waals surface area contributed by atoms with Gasteiger partial charge in [-0.3, -0.25) is 4.79 Å². The summed E-state index contributed by atoms with van der Waals surface area (Å²) in [4.78, 5) is 12.5. The van der Waals surface area contributed by atoms with Crippen molar-refractivity contribution in [2.45, 2.75) is 24.3 Å². The van der Waals surface area contributed by atoms with E-state index in [0.717, 1.165) is 13.0 Å². The van der Waals surface area contributed by atoms with Crippen molar-refractivity contribution >= 4 is 28.6 Å². The van der Waals surface area contributed by atoms with Crippen molar-refractivity contribution in [2.24, 2.45) is 0 Å². The zero-order valence-corrected chi connectivity index (χ0v) is 14.8. The van der Waals surface area contributed by atoms with Crippen LogP contribution in [0.2, 0.25) is 0 Å². The third-order valence-corrected chi connectivity index (χ3v) is 5.05. The molecule has 0 spiro atoms. The van der Waals surface area contributed by atoms with Crippen molar-refractivity contribution in [3.05, 3.63) is 66.6 Å². The molecule has 0 aliphatic heterocycles. The van der Waals surface area contributed by atoms with E-state index in [-0.39, 0.29) is 11.7 Å². The third kappa shape index (κ3) is 4.86. The Kier molecular flexibility index (Phi) is 6.12. The monoisotopic (exact) mass is 356 g/mol. The first kappa shape index (κ1) is 17.5. The number of benzene rings is 2. The molecule has 0 radical (unpaired) electrons. The van der Waals surface area contributed by atoms with Gasteiger partial charge in [-0.1, -0.05) is 30.3 Å². The molecule has 1 aromatic heterocycles. The van der Waals surface area contributed by atoms with E-state index in [1.54, 1.807) is 18.2 Å². The summed E-state index contributed by atoms with van der Waals surface area (Å²) >= 11 is 1.37. The van der Waals surface area contributed by atoms with Crippen molar-refractivity contribution in [2.75, 3.05) is 12.3 Å². The molecule has 0 bridgehead atoms. The molecule has 0 saturated carbocycles. The second kappa shape index (κ2) is 8.72. The highest BCUT2D eigenvalue weighted by molar-refractivity contribution is 7.99. The second-order valence-corrected chi connectivity index (χ2v) is 6.94. The largest absolute Gasteiger partial charge is 0.356 e. The van der Waals surface area contributed by atoms with Crippen LogP contribution in [0.4, 0.5) is 4.39 Å². The molecule has 0 aliphatic carbocycles. The molecule has 2 aromatic carbocycles. The Hall–Kier alpha value is -2.27. The van der Waals surface area contributed by atoms with Crippen LogP contribution in [0.3, 0.4) is 0 Å². The maximum Gasteiger partial charge on any atom is 0.220 e. The van der Waals surface area contributed by atoms with E-state index in [1.807, 2.05) is 12.1 Å². The van der Waals surface area contributed by atoms with E-state index >= 15 is 0 Å². The van der Waals surface area contributed by atoms with Crippen LogP contribution in [0.15, 0.2) is 65.7 Å². The summed E-state index contributed by atoms with van der Waals surface area (Å²) in [6, 6.07) is 17.0. The van der Waals surface area contributed by atoms with Crippen molar-refractivity contribution < 1.29 is 9.18 Å². The highest BCUT2D eigenvalue weighted by Gasteiger charge is 2.05. The van der Waals surface area contributed by atoms with Crippen molar-refractivity contribution in [1.82, 2.24) is 9.88 Å². The second-order valence-electron chi connectivity index (χ2n) is 5.80. The van der Waals surface area contributed by atoms with Gasteiger partial charge in [-0.15, -0.1) is 11.8 Å². The van der Waals surface area contributed by atoms with E-state index in [4.69, 9.17) is 0 Å². The number of thioether (sulfide) groups is 1. The molecule has 3 nitrogen and oxygen atoms in total. The van der Waals surface area contributed by atoms with Gasteiger partial charge in [0.2, 0.25) is 5.91 Å². The van der Waals surface area contributed by atoms with Gasteiger partial charge in [-0.05, 0) is 36.1 Å². The highest BCUT2D eigenvalue weighted by Crippen LogP contribution is 2.21. The fraction of sp³-hybridized carbons (Fsp3) is 0.250. The fourth-order valence-electron chi connectivity index (χ4n) is 2.72. The Morgan fingerprint density at radius 3 is 2.76 bits per heavy atom. The van der Waals surface area contributed by atoms with Crippen LogP contribution in [0.5, 0.6) is 0 Å². The van der Waals surface area contributed by atoms with Gasteiger partial charge in [0.25, 0.3) is 0 Å². The lowest BCUT2D eigenvalue weighted by atomic mass is 10.2. The third-order valence-electron chi connectivity index (χ3n) is 4.00. The quantitative estimate of drug-likeness (QED) is 0.477. The zero-order chi connectivity index (χ0) is 17.5. The summed E-state index contributed by atoms with van der Waals surface area (Å²) in [6.45, 7) is 1.52. The van der Waals surface area contributed by atoms with E-state index in [1.165, 1.54) is 28.7 Å². The summed E-state index contributed by atoms with van der Waals surface area (Å²) in [7, 11) is 0. The van der Waals surface area contributed by atoms with E-state index in [9.17, 15) is 9.18 Å². The Labute approximate surface area is 151 Å². The van der Waals surface area contributed by atoms with Crippen LogP contribution >= 0.6 is 11.8 Å². The smallest absolute Gasteiger partial charge is 0.220 e. The summed E-state index contributed by atoms with van der Waals surface area (Å²) in [5.74, 6) is 0.364. The van der Waals surface area contributed by atoms with Gasteiger partial charge in [-0.25, -0.2) is 4.39 Å². The maximum absolute atomic E-state index is 13.5. The lowest BCUT2D eigenvalue weighted by Crippen LogP contribution is -2.25. The molecule has 25 heavy (non-hydrogen) atoms. The average molecular weight is 356 g/mol. The van der Waals surface area contributed by atoms with Crippen molar-refractivity contribution in [3.63, 3.8) is 0 Å². The molecule has 0 atom stereocenters. The first-order chi connectivity index (χ1) is 12.2. The average Bonchev–Trinajstić information content (AvgIpc) is 3.04. The van der Waals surface area contributed by atoms with Gasteiger partial charge in [0.15, 0.2) is 0 Å². The van der Waals surface area contributed by atoms with Crippen LogP contribution in [-0.4, -0.2) is 22.8 Å². The Bertz CT molecular complexity index is 846. The van der Waals surface area contributed by atoms with E-state index < -0.39 is 0 Å². The molecule has 0 aliphatic rings. The molecule has 1 N–H and O–H groups in total. The lowest BCUT2D eigenvalue weighted by Gasteiger charge is -2.07. The summed E-state index contributed by atoms with van der Waals surface area (Å²) < 4.78 is 15.7. The topological polar surface area (TPSA) is 34.0 Å². The highest BCUT2D eigenvalue weighted by atomic mass is 32.2. The van der Waals surface area contributed by atoms with E-state index in [0.29, 0.717) is 23.6 Å². The number of nitrogens with zero attached hydrogens (tertiary/aromatic N) is 1. The molecule has 5 heteroatoms. The number of fused-ring (bicyclic) bond motifs is 1. The summed E-state index contributed by atoms with van der Waals surface area (Å²) in [5.41, 5.74) is 1.22. The SMILES string of the molecule is O=C(CCSc1ccccc1F)NCCCn1ccc2ccccc21. The standard InChI is InChI=1S/C20H21FN2OS/c21-17-7-2-4-9-19(17)25-15-11-20(24)22-12-5-13-23-14-10-16-6-1-3-8-18(16)23/h1-4,6-10,14H,5,11-13,15H2,(H,22,24). The number of carbonyl (C=O) groups is 1. The molecule has 1 amide bonds. The molecule has 1 heterocycles. The predicted octanol–water partition coefficient (Wildman–Crippen LogP) is 4.47. The number of aromatic nitrogens is 1. The van der Waals surface area contributed by atoms with E-state index in [2.05, 4.69) is 34.3 Å². The number of hydrogen-bond acceptors (Lipinski definition) is 2. The molecule has 0 unspecified atom stereocenters. The van der Waals surface area contributed by atoms with Gasteiger partial charge in [-0.2, -0.15) is 0 Å². The summed E-state index contributed by atoms with van der Waals surface area (Å²) in [5, 5.41) is 4.17. The van der Waals surface area contributed by atoms with Gasteiger partial charge < -0.3 is 9.88 Å². The van der Waals surface area contributed by atoms with Crippen LogP contribution in [0.1, 0.15) is 12.8 Å². The Morgan fingerprint density at radius 2 is 1.88 bits per heavy atom. The first-order valence-corrected chi connectivity index (χ1v) is 9.40. The fourth-order valence-corrected chi connectivity index (χ4v) is 3.60. The number of halogens is 1. The molecule has 0 fully saturated rings. The molecular weight excluding hydrogens is 335 g/mol. The minimum absolute atomic E-state index is 0.0150. The van der Waals surface area contributed by atoms with Gasteiger partial charge >= 0.3 is 0 Å². The van der Waals surface area contributed by atoms with Crippen molar-refractivity contribution in [3.8, 4) is 0 Å². The minimum Gasteiger partial charge on any atom is -0.356 e. The number of para-hydroxylation sites is 1. The van der Waals surface area contributed by atoms with Gasteiger partial charge in [0.05, 0.1) is 0 Å². The minimum atomic E-state index is -0.230. The number of aryl methyl sites for hydroxylation is 1. The van der Waals surface area contributed by atoms with Gasteiger partial charge in [0.1, 0.15) is 5.82 Å². The van der Waals surface area contributed by atoms with Crippen LogP contribution < -0.4 is 5.32 Å². The molecule has 3 rings (SSSR count). The Morgan fingerprint density at radius 1 is 1.08 bits per heavy atom. The Balaban J connectivity index is 1.35. The first-order valence-electron chi connectivity index (χ1n) is 8.42. The molecular formula is C20H21FN2OS. The predicted molar refractivity (Wildman–Crippen MR) is 101 cm³/mol. The number of carbonyl (C=O) groups excluding carboxylic acids is 1. The van der Waals surface area contributed by atoms with Gasteiger partial charge in [0, 0.05) is 41.9 Å². The molecule has 3 aromatic rings. The number of hydrogen-bond donors (Lipinski definition) is 1. The summed E-state index contributed by atoms with van der Waals surface area (Å²) in [6.07, 6.45) is 3.36. The van der Waals surface area contributed by atoms with Crippen molar-refractivity contribution in [1.29, 1.82) is 0 Å². The maximum atomic E-state index is 13.5. The number of nitrogens with one attached hydrogen (secondary N) is 1. The van der Waals surface area contributed by atoms with Crippen LogP contribution in [0.25, 0.3) is 10.9 Å².